The zero-order valence-corrected chi connectivity index (χ0v) is 13.4. The molecule has 1 fully saturated rings. The summed E-state index contributed by atoms with van der Waals surface area (Å²) in [6.07, 6.45) is 2.95. The summed E-state index contributed by atoms with van der Waals surface area (Å²) < 4.78 is 10.3. The van der Waals surface area contributed by atoms with Gasteiger partial charge in [0, 0.05) is 20.3 Å². The van der Waals surface area contributed by atoms with Gasteiger partial charge < -0.3 is 19.7 Å². The summed E-state index contributed by atoms with van der Waals surface area (Å²) in [5.41, 5.74) is 0. The minimum absolute atomic E-state index is 0.0244. The fourth-order valence-electron chi connectivity index (χ4n) is 2.51. The van der Waals surface area contributed by atoms with Crippen LogP contribution in [0.2, 0.25) is 0 Å². The van der Waals surface area contributed by atoms with Crippen molar-refractivity contribution in [3.63, 3.8) is 0 Å². The molecule has 1 rings (SSSR count). The number of carbonyl (C=O) groups excluding carboxylic acids is 2. The van der Waals surface area contributed by atoms with Gasteiger partial charge in [0.2, 0.25) is 11.8 Å². The van der Waals surface area contributed by atoms with Crippen LogP contribution in [-0.4, -0.2) is 62.3 Å². The summed E-state index contributed by atoms with van der Waals surface area (Å²) in [5.74, 6) is 0.0102. The summed E-state index contributed by atoms with van der Waals surface area (Å²) in [6.45, 7) is 6.21. The minimum Gasteiger partial charge on any atom is -0.382 e. The van der Waals surface area contributed by atoms with Gasteiger partial charge in [0.05, 0.1) is 13.2 Å². The van der Waals surface area contributed by atoms with E-state index in [1.807, 2.05) is 13.8 Å². The number of rotatable bonds is 10. The van der Waals surface area contributed by atoms with Crippen molar-refractivity contribution in [2.45, 2.75) is 51.6 Å². The average molecular weight is 300 g/mol. The molecule has 0 spiro atoms. The molecule has 0 aromatic rings. The molecule has 1 aliphatic heterocycles. The maximum atomic E-state index is 12.4. The van der Waals surface area contributed by atoms with Crippen molar-refractivity contribution in [3.8, 4) is 0 Å². The largest absolute Gasteiger partial charge is 0.382 e. The van der Waals surface area contributed by atoms with Crippen molar-refractivity contribution in [1.82, 2.24) is 10.2 Å². The molecule has 6 heteroatoms. The topological polar surface area (TPSA) is 67.9 Å². The van der Waals surface area contributed by atoms with Gasteiger partial charge in [-0.2, -0.15) is 0 Å². The molecule has 21 heavy (non-hydrogen) atoms. The number of ether oxygens (including phenoxy) is 2. The Bertz CT molecular complexity index is 336. The van der Waals surface area contributed by atoms with E-state index in [-0.39, 0.29) is 23.9 Å². The van der Waals surface area contributed by atoms with E-state index in [0.29, 0.717) is 39.2 Å². The van der Waals surface area contributed by atoms with Crippen LogP contribution in [0.3, 0.4) is 0 Å². The fraction of sp³-hybridized carbons (Fsp3) is 0.867. The minimum atomic E-state index is -0.375. The van der Waals surface area contributed by atoms with Gasteiger partial charge >= 0.3 is 0 Å². The summed E-state index contributed by atoms with van der Waals surface area (Å²) in [6, 6.07) is -0.704. The van der Waals surface area contributed by atoms with E-state index >= 15 is 0 Å². The Hall–Kier alpha value is -1.14. The molecule has 0 saturated carbocycles. The van der Waals surface area contributed by atoms with E-state index in [9.17, 15) is 9.59 Å². The molecule has 1 saturated heterocycles. The molecular formula is C15H28N2O4. The maximum Gasteiger partial charge on any atom is 0.245 e. The SMILES string of the molecule is CCCC1C(=O)NC(CC)C(=O)N1CCCOCCOC. The van der Waals surface area contributed by atoms with Crippen LogP contribution in [-0.2, 0) is 19.1 Å². The third-order valence-corrected chi connectivity index (χ3v) is 3.67. The van der Waals surface area contributed by atoms with E-state index in [1.165, 1.54) is 0 Å². The van der Waals surface area contributed by atoms with Crippen molar-refractivity contribution >= 4 is 11.8 Å². The van der Waals surface area contributed by atoms with E-state index in [2.05, 4.69) is 5.32 Å². The van der Waals surface area contributed by atoms with Crippen molar-refractivity contribution in [3.05, 3.63) is 0 Å². The van der Waals surface area contributed by atoms with Crippen molar-refractivity contribution in [2.24, 2.45) is 0 Å². The first-order valence-corrected chi connectivity index (χ1v) is 7.83. The second-order valence-corrected chi connectivity index (χ2v) is 5.26. The predicted molar refractivity (Wildman–Crippen MR) is 79.9 cm³/mol. The van der Waals surface area contributed by atoms with Gasteiger partial charge in [-0.1, -0.05) is 20.3 Å². The highest BCUT2D eigenvalue weighted by Gasteiger charge is 2.38. The van der Waals surface area contributed by atoms with Crippen LogP contribution in [0.15, 0.2) is 0 Å². The summed E-state index contributed by atoms with van der Waals surface area (Å²) in [7, 11) is 1.63. The van der Waals surface area contributed by atoms with Gasteiger partial charge in [0.15, 0.2) is 0 Å². The van der Waals surface area contributed by atoms with Gasteiger partial charge in [-0.3, -0.25) is 9.59 Å². The van der Waals surface area contributed by atoms with Crippen LogP contribution in [0, 0.1) is 0 Å². The van der Waals surface area contributed by atoms with Crippen LogP contribution in [0.5, 0.6) is 0 Å². The lowest BCUT2D eigenvalue weighted by molar-refractivity contribution is -0.150. The van der Waals surface area contributed by atoms with Crippen LogP contribution in [0.1, 0.15) is 39.5 Å². The number of piperazine rings is 1. The molecule has 2 unspecified atom stereocenters. The monoisotopic (exact) mass is 300 g/mol. The van der Waals surface area contributed by atoms with Crippen molar-refractivity contribution < 1.29 is 19.1 Å². The number of hydrogen-bond donors (Lipinski definition) is 1. The molecule has 2 atom stereocenters. The van der Waals surface area contributed by atoms with E-state index < -0.39 is 0 Å². The zero-order valence-electron chi connectivity index (χ0n) is 13.4. The Balaban J connectivity index is 2.51. The average Bonchev–Trinajstić information content (AvgIpc) is 2.48. The molecule has 0 aromatic heterocycles. The highest BCUT2D eigenvalue weighted by Crippen LogP contribution is 2.16. The standard InChI is InChI=1S/C15H28N2O4/c1-4-7-13-14(18)16-12(5-2)15(19)17(13)8-6-9-21-11-10-20-3/h12-13H,4-11H2,1-3H3,(H,16,18). The van der Waals surface area contributed by atoms with Crippen molar-refractivity contribution in [2.75, 3.05) is 33.5 Å². The number of amides is 2. The number of carbonyl (C=O) groups is 2. The van der Waals surface area contributed by atoms with Gasteiger partial charge in [-0.05, 0) is 19.3 Å². The lowest BCUT2D eigenvalue weighted by atomic mass is 10.0. The van der Waals surface area contributed by atoms with E-state index in [1.54, 1.807) is 12.0 Å². The molecule has 0 aliphatic carbocycles. The smallest absolute Gasteiger partial charge is 0.245 e. The molecular weight excluding hydrogens is 272 g/mol. The first-order chi connectivity index (χ1) is 10.2. The quantitative estimate of drug-likeness (QED) is 0.610. The fourth-order valence-corrected chi connectivity index (χ4v) is 2.51. The van der Waals surface area contributed by atoms with Gasteiger partial charge in [-0.15, -0.1) is 0 Å². The number of nitrogens with zero attached hydrogens (tertiary/aromatic N) is 1. The highest BCUT2D eigenvalue weighted by molar-refractivity contribution is 5.96. The molecule has 0 radical (unpaired) electrons. The summed E-state index contributed by atoms with van der Waals surface area (Å²) in [4.78, 5) is 26.3. The van der Waals surface area contributed by atoms with Crippen molar-refractivity contribution in [1.29, 1.82) is 0 Å². The number of hydrogen-bond acceptors (Lipinski definition) is 4. The molecule has 1 aliphatic rings. The molecule has 0 bridgehead atoms. The summed E-state index contributed by atoms with van der Waals surface area (Å²) >= 11 is 0. The van der Waals surface area contributed by atoms with Crippen LogP contribution in [0.25, 0.3) is 0 Å². The van der Waals surface area contributed by atoms with Crippen LogP contribution >= 0.6 is 0 Å². The molecule has 1 heterocycles. The second-order valence-electron chi connectivity index (χ2n) is 5.26. The van der Waals surface area contributed by atoms with Gasteiger partial charge in [-0.25, -0.2) is 0 Å². The normalized spacial score (nSPS) is 22.5. The van der Waals surface area contributed by atoms with Crippen LogP contribution < -0.4 is 5.32 Å². The molecule has 0 aromatic carbocycles. The second kappa shape index (κ2) is 9.73. The first-order valence-electron chi connectivity index (χ1n) is 7.83. The molecule has 2 amide bonds. The molecule has 1 N–H and O–H groups in total. The van der Waals surface area contributed by atoms with E-state index in [0.717, 1.165) is 12.8 Å². The molecule has 122 valence electrons. The number of methoxy groups -OCH3 is 1. The Morgan fingerprint density at radius 3 is 2.57 bits per heavy atom. The number of nitrogens with one attached hydrogen (secondary N) is 1. The van der Waals surface area contributed by atoms with Gasteiger partial charge in [0.25, 0.3) is 0 Å². The summed E-state index contributed by atoms with van der Waals surface area (Å²) in [5, 5.41) is 2.82. The lowest BCUT2D eigenvalue weighted by Gasteiger charge is -2.38. The maximum absolute atomic E-state index is 12.4. The third-order valence-electron chi connectivity index (χ3n) is 3.67. The van der Waals surface area contributed by atoms with Crippen LogP contribution in [0.4, 0.5) is 0 Å². The zero-order chi connectivity index (χ0) is 15.7. The first kappa shape index (κ1) is 17.9. The highest BCUT2D eigenvalue weighted by atomic mass is 16.5. The molecule has 6 nitrogen and oxygen atoms in total. The lowest BCUT2D eigenvalue weighted by Crippen LogP contribution is -2.63. The Kier molecular flexibility index (Phi) is 8.30. The third kappa shape index (κ3) is 5.28. The van der Waals surface area contributed by atoms with Gasteiger partial charge in [0.1, 0.15) is 12.1 Å². The van der Waals surface area contributed by atoms with E-state index in [4.69, 9.17) is 9.47 Å². The Morgan fingerprint density at radius 1 is 1.19 bits per heavy atom. The predicted octanol–water partition coefficient (Wildman–Crippen LogP) is 0.945. The Morgan fingerprint density at radius 2 is 1.95 bits per heavy atom. The Labute approximate surface area is 127 Å².